The fourth-order valence-corrected chi connectivity index (χ4v) is 3.22. The third-order valence-corrected chi connectivity index (χ3v) is 4.98. The second-order valence-electron chi connectivity index (χ2n) is 7.15. The number of aromatic amines is 1. The third-order valence-electron chi connectivity index (χ3n) is 4.98. The van der Waals surface area contributed by atoms with Crippen molar-refractivity contribution in [3.8, 4) is 0 Å². The molecule has 2 N–H and O–H groups in total. The molecule has 0 unspecified atom stereocenters. The number of nitrogens with one attached hydrogen (secondary N) is 2. The summed E-state index contributed by atoms with van der Waals surface area (Å²) in [5, 5.41) is 4.09. The standard InChI is InChI=1S/C21H27N5O/c1-6-7-8-9-16-14(4)22-21(25-19(16)27)26-20-23-15(5)17-10-12(2)13(3)11-18(17)24-20/h10-11H,6-9H2,1-5H3,(H2,22,23,24,25,26,27). The van der Waals surface area contributed by atoms with Crippen molar-refractivity contribution >= 4 is 22.8 Å². The molecule has 0 saturated heterocycles. The zero-order valence-electron chi connectivity index (χ0n) is 16.7. The highest BCUT2D eigenvalue weighted by molar-refractivity contribution is 5.83. The lowest BCUT2D eigenvalue weighted by atomic mass is 10.1. The fourth-order valence-electron chi connectivity index (χ4n) is 3.22. The Labute approximate surface area is 159 Å². The molecule has 0 aliphatic carbocycles. The maximum Gasteiger partial charge on any atom is 0.255 e. The van der Waals surface area contributed by atoms with Crippen LogP contribution in [0.15, 0.2) is 16.9 Å². The first-order chi connectivity index (χ1) is 12.9. The lowest BCUT2D eigenvalue weighted by Crippen LogP contribution is -2.18. The van der Waals surface area contributed by atoms with E-state index in [9.17, 15) is 4.79 Å². The van der Waals surface area contributed by atoms with Gasteiger partial charge in [0.05, 0.1) is 11.2 Å². The molecule has 6 nitrogen and oxygen atoms in total. The summed E-state index contributed by atoms with van der Waals surface area (Å²) in [4.78, 5) is 28.9. The number of unbranched alkanes of at least 4 members (excludes halogenated alkanes) is 2. The largest absolute Gasteiger partial charge is 0.294 e. The number of hydrogen-bond acceptors (Lipinski definition) is 5. The second-order valence-corrected chi connectivity index (χ2v) is 7.15. The average Bonchev–Trinajstić information content (AvgIpc) is 2.59. The Hall–Kier alpha value is -2.76. The molecule has 142 valence electrons. The minimum absolute atomic E-state index is 0.0925. The van der Waals surface area contributed by atoms with Crippen LogP contribution >= 0.6 is 0 Å². The topological polar surface area (TPSA) is 83.6 Å². The number of fused-ring (bicyclic) bond motifs is 1. The van der Waals surface area contributed by atoms with Gasteiger partial charge in [0.1, 0.15) is 0 Å². The van der Waals surface area contributed by atoms with Crippen LogP contribution in [0.25, 0.3) is 10.9 Å². The SMILES string of the molecule is CCCCCc1c(C)nc(Nc2nc(C)c3cc(C)c(C)cc3n2)[nH]c1=O. The summed E-state index contributed by atoms with van der Waals surface area (Å²) in [5.74, 6) is 0.809. The first kappa shape index (κ1) is 19.0. The van der Waals surface area contributed by atoms with Gasteiger partial charge in [0.25, 0.3) is 5.56 Å². The van der Waals surface area contributed by atoms with Gasteiger partial charge in [0.15, 0.2) is 0 Å². The molecule has 0 fully saturated rings. The smallest absolute Gasteiger partial charge is 0.255 e. The van der Waals surface area contributed by atoms with Crippen molar-refractivity contribution in [3.05, 3.63) is 50.6 Å². The highest BCUT2D eigenvalue weighted by Gasteiger charge is 2.11. The molecule has 0 atom stereocenters. The Bertz CT molecular complexity index is 1040. The van der Waals surface area contributed by atoms with E-state index in [1.54, 1.807) is 0 Å². The molecule has 0 radical (unpaired) electrons. The number of hydrogen-bond donors (Lipinski definition) is 2. The molecule has 27 heavy (non-hydrogen) atoms. The number of rotatable bonds is 6. The van der Waals surface area contributed by atoms with Crippen LogP contribution in [0, 0.1) is 27.7 Å². The van der Waals surface area contributed by atoms with Crippen molar-refractivity contribution in [1.82, 2.24) is 19.9 Å². The zero-order chi connectivity index (χ0) is 19.6. The first-order valence-electron chi connectivity index (χ1n) is 9.51. The summed E-state index contributed by atoms with van der Waals surface area (Å²) in [6.45, 7) is 10.1. The predicted molar refractivity (Wildman–Crippen MR) is 110 cm³/mol. The Morgan fingerprint density at radius 1 is 0.963 bits per heavy atom. The van der Waals surface area contributed by atoms with Crippen LogP contribution in [0.2, 0.25) is 0 Å². The molecule has 0 amide bonds. The van der Waals surface area contributed by atoms with Crippen molar-refractivity contribution in [3.63, 3.8) is 0 Å². The van der Waals surface area contributed by atoms with Crippen molar-refractivity contribution in [2.45, 2.75) is 60.3 Å². The maximum absolute atomic E-state index is 12.4. The molecule has 2 heterocycles. The number of nitrogens with zero attached hydrogens (tertiary/aromatic N) is 3. The molecule has 0 aliphatic heterocycles. The van der Waals surface area contributed by atoms with Gasteiger partial charge in [-0.25, -0.2) is 15.0 Å². The normalized spacial score (nSPS) is 11.1. The van der Waals surface area contributed by atoms with Gasteiger partial charge in [-0.2, -0.15) is 0 Å². The first-order valence-corrected chi connectivity index (χ1v) is 9.51. The molecule has 0 saturated carbocycles. The summed E-state index contributed by atoms with van der Waals surface area (Å²) in [7, 11) is 0. The molecule has 2 aromatic heterocycles. The molecule has 0 bridgehead atoms. The van der Waals surface area contributed by atoms with Gasteiger partial charge < -0.3 is 0 Å². The highest BCUT2D eigenvalue weighted by Crippen LogP contribution is 2.22. The lowest BCUT2D eigenvalue weighted by Gasteiger charge is -2.11. The van der Waals surface area contributed by atoms with Crippen molar-refractivity contribution in [2.75, 3.05) is 5.32 Å². The van der Waals surface area contributed by atoms with Gasteiger partial charge in [-0.05, 0) is 63.8 Å². The maximum atomic E-state index is 12.4. The van der Waals surface area contributed by atoms with Crippen LogP contribution in [-0.4, -0.2) is 19.9 Å². The summed E-state index contributed by atoms with van der Waals surface area (Å²) in [6, 6.07) is 4.17. The zero-order valence-corrected chi connectivity index (χ0v) is 16.7. The van der Waals surface area contributed by atoms with Gasteiger partial charge in [-0.1, -0.05) is 19.8 Å². The lowest BCUT2D eigenvalue weighted by molar-refractivity contribution is 0.707. The number of aryl methyl sites for hydroxylation is 4. The van der Waals surface area contributed by atoms with Crippen LogP contribution in [0.1, 0.15) is 54.3 Å². The van der Waals surface area contributed by atoms with E-state index >= 15 is 0 Å². The molecular formula is C21H27N5O. The Morgan fingerprint density at radius 3 is 2.41 bits per heavy atom. The van der Waals surface area contributed by atoms with Crippen LogP contribution in [0.4, 0.5) is 11.9 Å². The number of benzene rings is 1. The monoisotopic (exact) mass is 365 g/mol. The van der Waals surface area contributed by atoms with E-state index in [4.69, 9.17) is 0 Å². The molecule has 0 spiro atoms. The Kier molecular flexibility index (Phi) is 5.54. The predicted octanol–water partition coefficient (Wildman–Crippen LogP) is 4.42. The van der Waals surface area contributed by atoms with E-state index in [0.29, 0.717) is 11.9 Å². The molecular weight excluding hydrogens is 338 g/mol. The molecule has 0 aliphatic rings. The van der Waals surface area contributed by atoms with Crippen LogP contribution in [0.3, 0.4) is 0 Å². The van der Waals surface area contributed by atoms with Gasteiger partial charge in [-0.15, -0.1) is 0 Å². The van der Waals surface area contributed by atoms with Crippen LogP contribution < -0.4 is 10.9 Å². The van der Waals surface area contributed by atoms with Crippen molar-refractivity contribution < 1.29 is 0 Å². The van der Waals surface area contributed by atoms with E-state index < -0.39 is 0 Å². The van der Waals surface area contributed by atoms with Crippen LogP contribution in [-0.2, 0) is 6.42 Å². The van der Waals surface area contributed by atoms with Gasteiger partial charge >= 0.3 is 0 Å². The number of aromatic nitrogens is 4. The third kappa shape index (κ3) is 4.15. The van der Waals surface area contributed by atoms with Gasteiger partial charge in [0, 0.05) is 16.6 Å². The summed E-state index contributed by atoms with van der Waals surface area (Å²) in [5.41, 5.74) is 5.59. The average molecular weight is 365 g/mol. The molecule has 3 aromatic rings. The summed E-state index contributed by atoms with van der Waals surface area (Å²) in [6.07, 6.45) is 4.00. The fraction of sp³-hybridized carbons (Fsp3) is 0.429. The van der Waals surface area contributed by atoms with E-state index in [0.717, 1.165) is 53.5 Å². The van der Waals surface area contributed by atoms with E-state index in [1.807, 2.05) is 13.8 Å². The number of anilines is 2. The quantitative estimate of drug-likeness (QED) is 0.632. The molecule has 6 heteroatoms. The summed E-state index contributed by atoms with van der Waals surface area (Å²) >= 11 is 0. The van der Waals surface area contributed by atoms with Crippen molar-refractivity contribution in [2.24, 2.45) is 0 Å². The Morgan fingerprint density at radius 2 is 1.70 bits per heavy atom. The minimum Gasteiger partial charge on any atom is -0.294 e. The highest BCUT2D eigenvalue weighted by atomic mass is 16.1. The second kappa shape index (κ2) is 7.86. The van der Waals surface area contributed by atoms with Gasteiger partial charge in [-0.3, -0.25) is 15.1 Å². The van der Waals surface area contributed by atoms with Gasteiger partial charge in [0.2, 0.25) is 11.9 Å². The Balaban J connectivity index is 1.91. The number of H-pyrrole nitrogens is 1. The molecule has 1 aromatic carbocycles. The summed E-state index contributed by atoms with van der Waals surface area (Å²) < 4.78 is 0. The van der Waals surface area contributed by atoms with E-state index in [-0.39, 0.29) is 5.56 Å². The van der Waals surface area contributed by atoms with E-state index in [1.165, 1.54) is 11.1 Å². The molecule has 3 rings (SSSR count). The minimum atomic E-state index is -0.0925. The van der Waals surface area contributed by atoms with E-state index in [2.05, 4.69) is 58.2 Å². The van der Waals surface area contributed by atoms with Crippen molar-refractivity contribution in [1.29, 1.82) is 0 Å². The van der Waals surface area contributed by atoms with Crippen LogP contribution in [0.5, 0.6) is 0 Å².